The lowest BCUT2D eigenvalue weighted by atomic mass is 9.99. The number of nitrogens with one attached hydrogen (secondary N) is 2. The van der Waals surface area contributed by atoms with Gasteiger partial charge < -0.3 is 20.1 Å². The number of aliphatic carboxylic acids is 1. The van der Waals surface area contributed by atoms with Gasteiger partial charge in [0.25, 0.3) is 0 Å². The number of halogens is 1. The fourth-order valence-corrected chi connectivity index (χ4v) is 2.98. The Balaban J connectivity index is 1.73. The summed E-state index contributed by atoms with van der Waals surface area (Å²) in [5.41, 5.74) is 1.32. The van der Waals surface area contributed by atoms with Crippen molar-refractivity contribution in [3.05, 3.63) is 35.8 Å². The number of ether oxygens (including phenoxy) is 1. The first-order valence-electron chi connectivity index (χ1n) is 7.91. The van der Waals surface area contributed by atoms with E-state index in [1.54, 1.807) is 12.3 Å². The Morgan fingerprint density at radius 3 is 3.00 bits per heavy atom. The van der Waals surface area contributed by atoms with E-state index in [4.69, 9.17) is 4.74 Å². The summed E-state index contributed by atoms with van der Waals surface area (Å²) in [6.07, 6.45) is 3.27. The van der Waals surface area contributed by atoms with E-state index in [-0.39, 0.29) is 24.1 Å². The Hall–Kier alpha value is -2.41. The Labute approximate surface area is 138 Å². The molecule has 0 saturated carbocycles. The zero-order valence-corrected chi connectivity index (χ0v) is 13.0. The Morgan fingerprint density at radius 2 is 2.29 bits per heavy atom. The van der Waals surface area contributed by atoms with Crippen molar-refractivity contribution in [3.63, 3.8) is 0 Å². The van der Waals surface area contributed by atoms with Gasteiger partial charge in [0, 0.05) is 30.1 Å². The van der Waals surface area contributed by atoms with Gasteiger partial charge in [-0.25, -0.2) is 9.18 Å². The molecule has 6 nitrogen and oxygen atoms in total. The van der Waals surface area contributed by atoms with Crippen molar-refractivity contribution in [1.82, 2.24) is 10.3 Å². The van der Waals surface area contributed by atoms with E-state index in [0.717, 1.165) is 17.4 Å². The number of carboxylic acids is 1. The number of carboxylic acid groups (broad SMARTS) is 1. The maximum absolute atomic E-state index is 13.2. The van der Waals surface area contributed by atoms with Crippen molar-refractivity contribution in [2.24, 2.45) is 5.92 Å². The molecule has 1 aliphatic heterocycles. The van der Waals surface area contributed by atoms with E-state index >= 15 is 0 Å². The minimum Gasteiger partial charge on any atom is -0.480 e. The molecule has 1 amide bonds. The van der Waals surface area contributed by atoms with Crippen LogP contribution in [0.3, 0.4) is 0 Å². The number of amides is 1. The zero-order valence-electron chi connectivity index (χ0n) is 13.0. The SMILES string of the molecule is O=C(N[C@@H](Cc1c[nH]c2cc(F)ccc12)C(=O)O)[C@@H]1CCCOC1. The van der Waals surface area contributed by atoms with Crippen molar-refractivity contribution >= 4 is 22.8 Å². The third-order valence-corrected chi connectivity index (χ3v) is 4.30. The first kappa shape index (κ1) is 16.4. The van der Waals surface area contributed by atoms with Crippen LogP contribution in [-0.2, 0) is 20.7 Å². The molecule has 1 aromatic heterocycles. The Morgan fingerprint density at radius 1 is 1.46 bits per heavy atom. The minimum absolute atomic E-state index is 0.125. The molecule has 24 heavy (non-hydrogen) atoms. The molecule has 0 unspecified atom stereocenters. The van der Waals surface area contributed by atoms with Crippen LogP contribution in [0.2, 0.25) is 0 Å². The second kappa shape index (κ2) is 7.00. The van der Waals surface area contributed by atoms with Crippen molar-refractivity contribution in [3.8, 4) is 0 Å². The topological polar surface area (TPSA) is 91.4 Å². The van der Waals surface area contributed by atoms with Gasteiger partial charge in [0.05, 0.1) is 12.5 Å². The molecule has 0 bridgehead atoms. The molecule has 1 aliphatic rings. The molecule has 1 aromatic carbocycles. The lowest BCUT2D eigenvalue weighted by Gasteiger charge is -2.23. The van der Waals surface area contributed by atoms with Crippen LogP contribution in [0.15, 0.2) is 24.4 Å². The quantitative estimate of drug-likeness (QED) is 0.778. The number of aromatic nitrogens is 1. The van der Waals surface area contributed by atoms with Gasteiger partial charge in [-0.2, -0.15) is 0 Å². The molecule has 128 valence electrons. The highest BCUT2D eigenvalue weighted by Gasteiger charge is 2.27. The standard InChI is InChI=1S/C17H19FN2O4/c18-12-3-4-13-11(8-19-14(13)7-12)6-15(17(22)23)20-16(21)10-2-1-5-24-9-10/h3-4,7-8,10,15,19H,1-2,5-6,9H2,(H,20,21)(H,22,23)/t10-,15+/m1/s1. The van der Waals surface area contributed by atoms with E-state index in [9.17, 15) is 19.1 Å². The molecule has 0 radical (unpaired) electrons. The van der Waals surface area contributed by atoms with Gasteiger partial charge in [-0.3, -0.25) is 4.79 Å². The average Bonchev–Trinajstić information content (AvgIpc) is 2.96. The van der Waals surface area contributed by atoms with Gasteiger partial charge in [-0.15, -0.1) is 0 Å². The predicted molar refractivity (Wildman–Crippen MR) is 85.1 cm³/mol. The lowest BCUT2D eigenvalue weighted by molar-refractivity contribution is -0.143. The van der Waals surface area contributed by atoms with Gasteiger partial charge in [-0.1, -0.05) is 0 Å². The van der Waals surface area contributed by atoms with E-state index in [1.807, 2.05) is 0 Å². The van der Waals surface area contributed by atoms with Crippen molar-refractivity contribution in [2.45, 2.75) is 25.3 Å². The molecule has 1 saturated heterocycles. The summed E-state index contributed by atoms with van der Waals surface area (Å²) in [4.78, 5) is 26.7. The van der Waals surface area contributed by atoms with Gasteiger partial charge in [0.2, 0.25) is 5.91 Å². The third kappa shape index (κ3) is 3.56. The minimum atomic E-state index is -1.10. The zero-order chi connectivity index (χ0) is 17.1. The smallest absolute Gasteiger partial charge is 0.326 e. The molecule has 7 heteroatoms. The summed E-state index contributed by atoms with van der Waals surface area (Å²) >= 11 is 0. The van der Waals surface area contributed by atoms with Crippen LogP contribution >= 0.6 is 0 Å². The molecule has 3 N–H and O–H groups in total. The number of aromatic amines is 1. The summed E-state index contributed by atoms with van der Waals surface area (Å²) in [5, 5.41) is 12.8. The lowest BCUT2D eigenvalue weighted by Crippen LogP contribution is -2.46. The number of H-pyrrole nitrogens is 1. The molecule has 0 aliphatic carbocycles. The summed E-state index contributed by atoms with van der Waals surface area (Å²) in [6.45, 7) is 0.961. The summed E-state index contributed by atoms with van der Waals surface area (Å²) in [6, 6.07) is 3.25. The summed E-state index contributed by atoms with van der Waals surface area (Å²) in [5.74, 6) is -2.07. The molecular weight excluding hydrogens is 315 g/mol. The normalized spacial score (nSPS) is 19.1. The fourth-order valence-electron chi connectivity index (χ4n) is 2.98. The molecular formula is C17H19FN2O4. The number of rotatable bonds is 5. The first-order valence-corrected chi connectivity index (χ1v) is 7.91. The monoisotopic (exact) mass is 334 g/mol. The van der Waals surface area contributed by atoms with E-state index in [0.29, 0.717) is 25.2 Å². The van der Waals surface area contributed by atoms with Crippen molar-refractivity contribution < 1.29 is 23.8 Å². The van der Waals surface area contributed by atoms with E-state index in [2.05, 4.69) is 10.3 Å². The van der Waals surface area contributed by atoms with Gasteiger partial charge in [0.15, 0.2) is 0 Å². The number of carbonyl (C=O) groups excluding carboxylic acids is 1. The Kier molecular flexibility index (Phi) is 4.80. The number of benzene rings is 1. The molecule has 1 fully saturated rings. The number of fused-ring (bicyclic) bond motifs is 1. The summed E-state index contributed by atoms with van der Waals surface area (Å²) < 4.78 is 18.5. The van der Waals surface area contributed by atoms with Crippen molar-refractivity contribution in [2.75, 3.05) is 13.2 Å². The third-order valence-electron chi connectivity index (χ3n) is 4.30. The number of hydrogen-bond donors (Lipinski definition) is 3. The molecule has 0 spiro atoms. The van der Waals surface area contributed by atoms with Crippen LogP contribution in [0.5, 0.6) is 0 Å². The second-order valence-corrected chi connectivity index (χ2v) is 6.02. The van der Waals surface area contributed by atoms with Crippen molar-refractivity contribution in [1.29, 1.82) is 0 Å². The van der Waals surface area contributed by atoms with E-state index < -0.39 is 12.0 Å². The first-order chi connectivity index (χ1) is 11.5. The van der Waals surface area contributed by atoms with Crippen LogP contribution in [0.4, 0.5) is 4.39 Å². The van der Waals surface area contributed by atoms with E-state index in [1.165, 1.54) is 12.1 Å². The highest BCUT2D eigenvalue weighted by atomic mass is 19.1. The Bertz CT molecular complexity index is 752. The highest BCUT2D eigenvalue weighted by molar-refractivity contribution is 5.87. The van der Waals surface area contributed by atoms with Gasteiger partial charge >= 0.3 is 5.97 Å². The van der Waals surface area contributed by atoms with Crippen LogP contribution in [0.25, 0.3) is 10.9 Å². The molecule has 2 atom stereocenters. The van der Waals surface area contributed by atoms with Crippen LogP contribution < -0.4 is 5.32 Å². The fraction of sp³-hybridized carbons (Fsp3) is 0.412. The van der Waals surface area contributed by atoms with Crippen LogP contribution in [0.1, 0.15) is 18.4 Å². The maximum atomic E-state index is 13.2. The highest BCUT2D eigenvalue weighted by Crippen LogP contribution is 2.21. The second-order valence-electron chi connectivity index (χ2n) is 6.02. The summed E-state index contributed by atoms with van der Waals surface area (Å²) in [7, 11) is 0. The maximum Gasteiger partial charge on any atom is 0.326 e. The number of hydrogen-bond acceptors (Lipinski definition) is 3. The van der Waals surface area contributed by atoms with Crippen LogP contribution in [-0.4, -0.2) is 41.2 Å². The van der Waals surface area contributed by atoms with Crippen LogP contribution in [0, 0.1) is 11.7 Å². The molecule has 2 heterocycles. The van der Waals surface area contributed by atoms with Gasteiger partial charge in [0.1, 0.15) is 11.9 Å². The van der Waals surface area contributed by atoms with Gasteiger partial charge in [-0.05, 0) is 36.6 Å². The molecule has 3 rings (SSSR count). The largest absolute Gasteiger partial charge is 0.480 e. The number of carbonyl (C=O) groups is 2. The average molecular weight is 334 g/mol. The molecule has 2 aromatic rings. The predicted octanol–water partition coefficient (Wildman–Crippen LogP) is 1.85.